The molecule has 1 unspecified atom stereocenters. The first kappa shape index (κ1) is 23.2. The number of carbonyl (C=O) groups excluding carboxylic acids is 2. The summed E-state index contributed by atoms with van der Waals surface area (Å²) in [5.74, 6) is -5.55. The number of benzene rings is 1. The number of amides is 1. The molecule has 2 aliphatic carbocycles. The number of carbonyl (C=O) groups is 2. The standard InChI is InChI=1S/C26H37NO5/c1-3-32-23(28)22-25(19-10-6-4-7-11-19,20-12-8-5-9-13-20)27(24(29)26(22,30)31)21-16-14-18(2)15-17-21/h14-17,19-20,22,30-31H,3-13H2,1-2H3. The maximum Gasteiger partial charge on any atom is 0.317 e. The highest BCUT2D eigenvalue weighted by atomic mass is 16.6. The van der Waals surface area contributed by atoms with Crippen molar-refractivity contribution in [2.45, 2.75) is 89.4 Å². The number of ether oxygens (including phenoxy) is 1. The zero-order valence-corrected chi connectivity index (χ0v) is 19.4. The zero-order chi connectivity index (χ0) is 22.9. The largest absolute Gasteiger partial charge is 0.466 e. The molecule has 1 aromatic rings. The molecule has 6 nitrogen and oxygen atoms in total. The van der Waals surface area contributed by atoms with Gasteiger partial charge in [0.25, 0.3) is 11.7 Å². The van der Waals surface area contributed by atoms with Gasteiger partial charge < -0.3 is 14.9 Å². The number of aliphatic hydroxyl groups is 2. The van der Waals surface area contributed by atoms with E-state index >= 15 is 0 Å². The van der Waals surface area contributed by atoms with Gasteiger partial charge in [0, 0.05) is 5.69 Å². The van der Waals surface area contributed by atoms with Crippen LogP contribution in [-0.2, 0) is 14.3 Å². The van der Waals surface area contributed by atoms with Crippen LogP contribution in [0.1, 0.15) is 76.7 Å². The number of hydrogen-bond donors (Lipinski definition) is 2. The van der Waals surface area contributed by atoms with Gasteiger partial charge in [0.15, 0.2) is 0 Å². The summed E-state index contributed by atoms with van der Waals surface area (Å²) in [6.45, 7) is 3.83. The van der Waals surface area contributed by atoms with Gasteiger partial charge in [-0.25, -0.2) is 0 Å². The van der Waals surface area contributed by atoms with Gasteiger partial charge in [-0.3, -0.25) is 14.5 Å². The van der Waals surface area contributed by atoms with E-state index in [1.165, 1.54) is 0 Å². The van der Waals surface area contributed by atoms with Crippen LogP contribution in [-0.4, -0.2) is 40.0 Å². The third-order valence-corrected chi connectivity index (χ3v) is 8.10. The molecular formula is C26H37NO5. The molecule has 1 aromatic carbocycles. The van der Waals surface area contributed by atoms with E-state index in [1.807, 2.05) is 31.2 Å². The van der Waals surface area contributed by atoms with E-state index in [1.54, 1.807) is 11.8 Å². The maximum atomic E-state index is 13.8. The molecular weight excluding hydrogens is 406 g/mol. The highest BCUT2D eigenvalue weighted by Crippen LogP contribution is 2.58. The van der Waals surface area contributed by atoms with Crippen molar-refractivity contribution in [1.29, 1.82) is 0 Å². The SMILES string of the molecule is CCOC(=O)C1C(O)(O)C(=O)N(c2ccc(C)cc2)C1(C1CCCCC1)C1CCCCC1. The minimum atomic E-state index is -2.79. The van der Waals surface area contributed by atoms with Crippen LogP contribution in [0.2, 0.25) is 0 Å². The Morgan fingerprint density at radius 3 is 1.94 bits per heavy atom. The van der Waals surface area contributed by atoms with Crippen molar-refractivity contribution < 1.29 is 24.5 Å². The normalized spacial score (nSPS) is 26.3. The van der Waals surface area contributed by atoms with E-state index in [0.717, 1.165) is 69.8 Å². The van der Waals surface area contributed by atoms with Crippen molar-refractivity contribution in [3.05, 3.63) is 29.8 Å². The zero-order valence-electron chi connectivity index (χ0n) is 19.4. The van der Waals surface area contributed by atoms with Gasteiger partial charge >= 0.3 is 5.97 Å². The molecule has 2 N–H and O–H groups in total. The van der Waals surface area contributed by atoms with Gasteiger partial charge in [0.05, 0.1) is 12.1 Å². The first-order valence-electron chi connectivity index (χ1n) is 12.4. The van der Waals surface area contributed by atoms with Crippen LogP contribution in [0.4, 0.5) is 5.69 Å². The summed E-state index contributed by atoms with van der Waals surface area (Å²) >= 11 is 0. The lowest BCUT2D eigenvalue weighted by atomic mass is 9.58. The van der Waals surface area contributed by atoms with Crippen molar-refractivity contribution in [2.75, 3.05) is 11.5 Å². The number of anilines is 1. The molecule has 1 amide bonds. The maximum absolute atomic E-state index is 13.8. The fourth-order valence-electron chi connectivity index (χ4n) is 6.83. The van der Waals surface area contributed by atoms with Crippen molar-refractivity contribution in [2.24, 2.45) is 17.8 Å². The van der Waals surface area contributed by atoms with E-state index in [4.69, 9.17) is 4.74 Å². The summed E-state index contributed by atoms with van der Waals surface area (Å²) < 4.78 is 5.41. The minimum absolute atomic E-state index is 0.0141. The molecule has 32 heavy (non-hydrogen) atoms. The molecule has 1 heterocycles. The molecule has 2 saturated carbocycles. The average molecular weight is 444 g/mol. The van der Waals surface area contributed by atoms with Crippen LogP contribution in [0.5, 0.6) is 0 Å². The molecule has 3 fully saturated rings. The third-order valence-electron chi connectivity index (χ3n) is 8.10. The van der Waals surface area contributed by atoms with Gasteiger partial charge in [-0.1, -0.05) is 56.2 Å². The monoisotopic (exact) mass is 443 g/mol. The first-order valence-corrected chi connectivity index (χ1v) is 12.4. The number of esters is 1. The predicted octanol–water partition coefficient (Wildman–Crippen LogP) is 4.10. The first-order chi connectivity index (χ1) is 15.3. The lowest BCUT2D eigenvalue weighted by molar-refractivity contribution is -0.211. The predicted molar refractivity (Wildman–Crippen MR) is 122 cm³/mol. The molecule has 6 heteroatoms. The summed E-state index contributed by atoms with van der Waals surface area (Å²) in [7, 11) is 0. The van der Waals surface area contributed by atoms with Crippen molar-refractivity contribution in [3.8, 4) is 0 Å². The Morgan fingerprint density at radius 2 is 1.47 bits per heavy atom. The van der Waals surface area contributed by atoms with E-state index in [0.29, 0.717) is 5.69 Å². The molecule has 4 rings (SSSR count). The summed E-state index contributed by atoms with van der Waals surface area (Å²) in [5.41, 5.74) is 0.696. The molecule has 0 spiro atoms. The van der Waals surface area contributed by atoms with Gasteiger partial charge in [0.2, 0.25) is 0 Å². The van der Waals surface area contributed by atoms with Crippen molar-refractivity contribution >= 4 is 17.6 Å². The molecule has 1 saturated heterocycles. The molecule has 1 aliphatic heterocycles. The topological polar surface area (TPSA) is 87.1 Å². The molecule has 3 aliphatic rings. The molecule has 176 valence electrons. The van der Waals surface area contributed by atoms with E-state index in [9.17, 15) is 19.8 Å². The molecule has 0 aromatic heterocycles. The van der Waals surface area contributed by atoms with Crippen LogP contribution >= 0.6 is 0 Å². The highest BCUT2D eigenvalue weighted by molar-refractivity contribution is 6.07. The average Bonchev–Trinajstić information content (AvgIpc) is 2.99. The second-order valence-electron chi connectivity index (χ2n) is 9.94. The van der Waals surface area contributed by atoms with E-state index in [-0.39, 0.29) is 18.4 Å². The lowest BCUT2D eigenvalue weighted by Crippen LogP contribution is -2.63. The van der Waals surface area contributed by atoms with Gasteiger partial charge in [-0.15, -0.1) is 0 Å². The van der Waals surface area contributed by atoms with E-state index in [2.05, 4.69) is 0 Å². The smallest absolute Gasteiger partial charge is 0.317 e. The lowest BCUT2D eigenvalue weighted by Gasteiger charge is -2.53. The Kier molecular flexibility index (Phi) is 6.64. The Morgan fingerprint density at radius 1 is 0.969 bits per heavy atom. The van der Waals surface area contributed by atoms with Crippen LogP contribution in [0.15, 0.2) is 24.3 Å². The van der Waals surface area contributed by atoms with E-state index < -0.39 is 29.1 Å². The Bertz CT molecular complexity index is 803. The second-order valence-corrected chi connectivity index (χ2v) is 9.94. The summed E-state index contributed by atoms with van der Waals surface area (Å²) in [5, 5.41) is 22.5. The van der Waals surface area contributed by atoms with Crippen LogP contribution in [0.25, 0.3) is 0 Å². The van der Waals surface area contributed by atoms with Crippen molar-refractivity contribution in [1.82, 2.24) is 0 Å². The number of nitrogens with zero attached hydrogens (tertiary/aromatic N) is 1. The van der Waals surface area contributed by atoms with Crippen molar-refractivity contribution in [3.63, 3.8) is 0 Å². The second kappa shape index (κ2) is 9.14. The molecule has 0 radical (unpaired) electrons. The fourth-order valence-corrected chi connectivity index (χ4v) is 6.83. The molecule has 0 bridgehead atoms. The third kappa shape index (κ3) is 3.65. The Balaban J connectivity index is 1.97. The Labute approximate surface area is 190 Å². The number of rotatable bonds is 5. The van der Waals surface area contributed by atoms with Crippen LogP contribution < -0.4 is 4.90 Å². The quantitative estimate of drug-likeness (QED) is 0.528. The van der Waals surface area contributed by atoms with Crippen LogP contribution in [0, 0.1) is 24.7 Å². The highest BCUT2D eigenvalue weighted by Gasteiger charge is 2.74. The van der Waals surface area contributed by atoms with Gasteiger partial charge in [-0.05, 0) is 63.5 Å². The minimum Gasteiger partial charge on any atom is -0.466 e. The molecule has 1 atom stereocenters. The Hall–Kier alpha value is -1.92. The summed E-state index contributed by atoms with van der Waals surface area (Å²) in [4.78, 5) is 28.8. The number of aryl methyl sites for hydroxylation is 1. The summed E-state index contributed by atoms with van der Waals surface area (Å²) in [6, 6.07) is 7.61. The van der Waals surface area contributed by atoms with Gasteiger partial charge in [0.1, 0.15) is 5.92 Å². The van der Waals surface area contributed by atoms with Crippen LogP contribution in [0.3, 0.4) is 0 Å². The van der Waals surface area contributed by atoms with Gasteiger partial charge in [-0.2, -0.15) is 0 Å². The number of hydrogen-bond acceptors (Lipinski definition) is 5. The summed E-state index contributed by atoms with van der Waals surface area (Å²) in [6.07, 6.45) is 9.84. The fraction of sp³-hybridized carbons (Fsp3) is 0.692.